The molecule has 0 aliphatic heterocycles. The summed E-state index contributed by atoms with van der Waals surface area (Å²) in [6.07, 6.45) is 1.56. The Hall–Kier alpha value is -1.83. The number of carboxylic acids is 1. The van der Waals surface area contributed by atoms with Gasteiger partial charge in [0, 0.05) is 9.77 Å². The second kappa shape index (κ2) is 6.56. The highest BCUT2D eigenvalue weighted by Gasteiger charge is 2.15. The first kappa shape index (κ1) is 14.6. The molecule has 0 unspecified atom stereocenters. The molecule has 1 N–H and O–H groups in total. The molecule has 1 aromatic heterocycles. The Morgan fingerprint density at radius 3 is 2.85 bits per heavy atom. The van der Waals surface area contributed by atoms with E-state index in [1.165, 1.54) is 0 Å². The van der Waals surface area contributed by atoms with E-state index in [9.17, 15) is 9.90 Å². The van der Waals surface area contributed by atoms with E-state index < -0.39 is 5.97 Å². The van der Waals surface area contributed by atoms with Crippen LogP contribution in [-0.2, 0) is 0 Å². The fourth-order valence-corrected chi connectivity index (χ4v) is 2.07. The molecule has 6 heteroatoms. The van der Waals surface area contributed by atoms with Gasteiger partial charge in [0.2, 0.25) is 0 Å². The number of aromatic carboxylic acids is 1. The SMILES string of the molecule is CCOc1cccnc1Oc1ccc(I)cc1C(=O)O. The number of halogens is 1. The highest BCUT2D eigenvalue weighted by atomic mass is 127. The highest BCUT2D eigenvalue weighted by molar-refractivity contribution is 14.1. The van der Waals surface area contributed by atoms with E-state index in [-0.39, 0.29) is 17.2 Å². The second-order valence-electron chi connectivity index (χ2n) is 3.79. The van der Waals surface area contributed by atoms with Gasteiger partial charge in [-0.2, -0.15) is 0 Å². The molecule has 2 rings (SSSR count). The van der Waals surface area contributed by atoms with E-state index in [0.29, 0.717) is 12.4 Å². The lowest BCUT2D eigenvalue weighted by molar-refractivity contribution is 0.0694. The number of carbonyl (C=O) groups is 1. The maximum absolute atomic E-state index is 11.2. The molecule has 20 heavy (non-hydrogen) atoms. The summed E-state index contributed by atoms with van der Waals surface area (Å²) in [5.41, 5.74) is 0.0880. The number of ether oxygens (including phenoxy) is 2. The van der Waals surface area contributed by atoms with Crippen molar-refractivity contribution in [2.24, 2.45) is 0 Å². The lowest BCUT2D eigenvalue weighted by atomic mass is 10.2. The summed E-state index contributed by atoms with van der Waals surface area (Å²) in [4.78, 5) is 15.3. The van der Waals surface area contributed by atoms with Crippen molar-refractivity contribution in [3.63, 3.8) is 0 Å². The summed E-state index contributed by atoms with van der Waals surface area (Å²) in [5, 5.41) is 9.21. The maximum atomic E-state index is 11.2. The summed E-state index contributed by atoms with van der Waals surface area (Å²) >= 11 is 2.05. The van der Waals surface area contributed by atoms with E-state index in [4.69, 9.17) is 9.47 Å². The predicted molar refractivity (Wildman–Crippen MR) is 81.6 cm³/mol. The average Bonchev–Trinajstić information content (AvgIpc) is 2.43. The third kappa shape index (κ3) is 3.38. The Labute approximate surface area is 129 Å². The standard InChI is InChI=1S/C14H12INO4/c1-2-19-12-4-3-7-16-13(12)20-11-6-5-9(15)8-10(11)14(17)18/h3-8H,2H2,1H3,(H,17,18). The van der Waals surface area contributed by atoms with E-state index in [1.54, 1.807) is 36.5 Å². The van der Waals surface area contributed by atoms with Crippen LogP contribution in [0.15, 0.2) is 36.5 Å². The number of nitrogens with zero attached hydrogens (tertiary/aromatic N) is 1. The van der Waals surface area contributed by atoms with Gasteiger partial charge < -0.3 is 14.6 Å². The van der Waals surface area contributed by atoms with Gasteiger partial charge in [-0.25, -0.2) is 9.78 Å². The lowest BCUT2D eigenvalue weighted by Gasteiger charge is -2.11. The van der Waals surface area contributed by atoms with Gasteiger partial charge in [-0.05, 0) is 59.8 Å². The fourth-order valence-electron chi connectivity index (χ4n) is 1.58. The van der Waals surface area contributed by atoms with Crippen LogP contribution in [0.3, 0.4) is 0 Å². The van der Waals surface area contributed by atoms with Crippen LogP contribution in [0.1, 0.15) is 17.3 Å². The summed E-state index contributed by atoms with van der Waals surface area (Å²) in [5.74, 6) is -0.0899. The third-order valence-corrected chi connectivity index (χ3v) is 3.09. The van der Waals surface area contributed by atoms with Gasteiger partial charge >= 0.3 is 5.97 Å². The molecule has 1 heterocycles. The molecule has 0 atom stereocenters. The van der Waals surface area contributed by atoms with Gasteiger partial charge in [-0.15, -0.1) is 0 Å². The Balaban J connectivity index is 2.37. The van der Waals surface area contributed by atoms with E-state index in [1.807, 2.05) is 29.5 Å². The molecule has 0 spiro atoms. The van der Waals surface area contributed by atoms with E-state index in [2.05, 4.69) is 4.98 Å². The molecule has 0 radical (unpaired) electrons. The van der Waals surface area contributed by atoms with Crippen LogP contribution >= 0.6 is 22.6 Å². The van der Waals surface area contributed by atoms with Gasteiger partial charge in [0.05, 0.1) is 6.61 Å². The average molecular weight is 385 g/mol. The van der Waals surface area contributed by atoms with Crippen molar-refractivity contribution in [1.82, 2.24) is 4.98 Å². The lowest BCUT2D eigenvalue weighted by Crippen LogP contribution is -2.02. The summed E-state index contributed by atoms with van der Waals surface area (Å²) in [6, 6.07) is 8.37. The van der Waals surface area contributed by atoms with Gasteiger partial charge in [0.15, 0.2) is 5.75 Å². The smallest absolute Gasteiger partial charge is 0.339 e. The molecular formula is C14H12INO4. The van der Waals surface area contributed by atoms with Crippen LogP contribution in [0.4, 0.5) is 0 Å². The first-order valence-corrected chi connectivity index (χ1v) is 6.98. The molecule has 2 aromatic rings. The number of benzene rings is 1. The summed E-state index contributed by atoms with van der Waals surface area (Å²) in [6.45, 7) is 2.32. The molecule has 0 aliphatic rings. The molecule has 1 aromatic carbocycles. The highest BCUT2D eigenvalue weighted by Crippen LogP contribution is 2.31. The van der Waals surface area contributed by atoms with Crippen LogP contribution in [0, 0.1) is 3.57 Å². The molecule has 0 amide bonds. The Bertz CT molecular complexity index is 630. The van der Waals surface area contributed by atoms with Crippen LogP contribution < -0.4 is 9.47 Å². The quantitative estimate of drug-likeness (QED) is 0.797. The second-order valence-corrected chi connectivity index (χ2v) is 5.03. The largest absolute Gasteiger partial charge is 0.488 e. The van der Waals surface area contributed by atoms with Crippen molar-refractivity contribution < 1.29 is 19.4 Å². The molecule has 0 saturated heterocycles. The molecule has 5 nitrogen and oxygen atoms in total. The van der Waals surface area contributed by atoms with Crippen LogP contribution in [0.25, 0.3) is 0 Å². The number of aromatic nitrogens is 1. The van der Waals surface area contributed by atoms with Crippen molar-refractivity contribution in [2.45, 2.75) is 6.92 Å². The first-order valence-electron chi connectivity index (χ1n) is 5.90. The number of pyridine rings is 1. The van der Waals surface area contributed by atoms with Crippen molar-refractivity contribution in [3.8, 4) is 17.4 Å². The first-order chi connectivity index (χ1) is 9.61. The van der Waals surface area contributed by atoms with Crippen molar-refractivity contribution in [1.29, 1.82) is 0 Å². The van der Waals surface area contributed by atoms with Gasteiger partial charge in [0.25, 0.3) is 5.88 Å². The molecule has 0 aliphatic carbocycles. The minimum atomic E-state index is -1.05. The predicted octanol–water partition coefficient (Wildman–Crippen LogP) is 3.58. The monoisotopic (exact) mass is 385 g/mol. The van der Waals surface area contributed by atoms with Gasteiger partial charge in [0.1, 0.15) is 11.3 Å². The number of rotatable bonds is 5. The minimum absolute atomic E-state index is 0.0880. The molecule has 0 saturated carbocycles. The Kier molecular flexibility index (Phi) is 4.78. The Morgan fingerprint density at radius 1 is 1.35 bits per heavy atom. The summed E-state index contributed by atoms with van der Waals surface area (Å²) in [7, 11) is 0. The van der Waals surface area contributed by atoms with E-state index >= 15 is 0 Å². The Morgan fingerprint density at radius 2 is 2.15 bits per heavy atom. The van der Waals surface area contributed by atoms with E-state index in [0.717, 1.165) is 3.57 Å². The zero-order valence-corrected chi connectivity index (χ0v) is 12.8. The summed E-state index contributed by atoms with van der Waals surface area (Å²) < 4.78 is 11.8. The molecule has 104 valence electrons. The number of hydrogen-bond acceptors (Lipinski definition) is 4. The third-order valence-electron chi connectivity index (χ3n) is 2.41. The van der Waals surface area contributed by atoms with Gasteiger partial charge in [-0.3, -0.25) is 0 Å². The molecular weight excluding hydrogens is 373 g/mol. The minimum Gasteiger partial charge on any atom is -0.488 e. The van der Waals surface area contributed by atoms with Crippen LogP contribution in [0.5, 0.6) is 17.4 Å². The van der Waals surface area contributed by atoms with Crippen LogP contribution in [-0.4, -0.2) is 22.7 Å². The fraction of sp³-hybridized carbons (Fsp3) is 0.143. The zero-order chi connectivity index (χ0) is 14.5. The number of hydrogen-bond donors (Lipinski definition) is 1. The van der Waals surface area contributed by atoms with Crippen molar-refractivity contribution >= 4 is 28.6 Å². The maximum Gasteiger partial charge on any atom is 0.339 e. The normalized spacial score (nSPS) is 10.1. The zero-order valence-electron chi connectivity index (χ0n) is 10.7. The number of carboxylic acid groups (broad SMARTS) is 1. The molecule has 0 bridgehead atoms. The topological polar surface area (TPSA) is 68.7 Å². The van der Waals surface area contributed by atoms with Crippen LogP contribution in [0.2, 0.25) is 0 Å². The van der Waals surface area contributed by atoms with Gasteiger partial charge in [-0.1, -0.05) is 0 Å². The molecule has 0 fully saturated rings. The van der Waals surface area contributed by atoms with Crippen molar-refractivity contribution in [2.75, 3.05) is 6.61 Å². The van der Waals surface area contributed by atoms with Crippen molar-refractivity contribution in [3.05, 3.63) is 45.7 Å².